The van der Waals surface area contributed by atoms with Gasteiger partial charge in [0.1, 0.15) is 0 Å². The summed E-state index contributed by atoms with van der Waals surface area (Å²) in [5, 5.41) is 8.44. The largest absolute Gasteiger partial charge is 1.00 e. The Morgan fingerprint density at radius 1 is 0.295 bits per heavy atom. The molecule has 6 rings (SSSR count). The molecule has 0 amide bonds. The molecule has 0 saturated carbocycles. The zero-order chi connectivity index (χ0) is 29.1. The molecule has 0 aliphatic carbocycles. The number of benzene rings is 6. The third kappa shape index (κ3) is 7.53. The second-order valence-electron chi connectivity index (χ2n) is 9.98. The van der Waals surface area contributed by atoms with Crippen LogP contribution in [0.15, 0.2) is 182 Å². The van der Waals surface area contributed by atoms with E-state index < -0.39 is 14.5 Å². The molecule has 6 aromatic carbocycles. The van der Waals surface area contributed by atoms with Crippen molar-refractivity contribution in [3.05, 3.63) is 194 Å². The maximum absolute atomic E-state index is 2.41. The second kappa shape index (κ2) is 17.6. The van der Waals surface area contributed by atoms with E-state index >= 15 is 0 Å². The third-order valence-corrected chi connectivity index (χ3v) is 16.0. The van der Waals surface area contributed by atoms with E-state index in [4.69, 9.17) is 0 Å². The van der Waals surface area contributed by atoms with Crippen molar-refractivity contribution in [2.24, 2.45) is 0 Å². The van der Waals surface area contributed by atoms with Gasteiger partial charge in [0.2, 0.25) is 0 Å². The smallest absolute Gasteiger partial charge is 1.00 e. The SMILES string of the molecule is C[CH-][P+](c1ccccc1)(c1ccccc1)c1ccccc1.C[CH-][P+](c1ccccc1)(c1ccccc1)c1ccccc1.[Au+].[Cl-]. The van der Waals surface area contributed by atoms with E-state index in [1.165, 1.54) is 31.8 Å². The minimum atomic E-state index is -1.66. The molecule has 0 saturated heterocycles. The molecule has 0 unspecified atom stereocenters. The first kappa shape index (κ1) is 35.7. The first-order chi connectivity index (χ1) is 20.8. The zero-order valence-corrected chi connectivity index (χ0v) is 29.8. The minimum Gasteiger partial charge on any atom is -1.00 e. The van der Waals surface area contributed by atoms with Crippen molar-refractivity contribution in [3.63, 3.8) is 0 Å². The Hall–Kier alpha value is -2.79. The summed E-state index contributed by atoms with van der Waals surface area (Å²) in [6.07, 6.45) is 4.82. The van der Waals surface area contributed by atoms with Crippen molar-refractivity contribution in [2.45, 2.75) is 13.8 Å². The molecular formula is C40H38AuClP2. The van der Waals surface area contributed by atoms with E-state index in [9.17, 15) is 0 Å². The summed E-state index contributed by atoms with van der Waals surface area (Å²) in [7, 11) is -3.32. The van der Waals surface area contributed by atoms with Crippen molar-refractivity contribution in [3.8, 4) is 0 Å². The predicted octanol–water partition coefficient (Wildman–Crippen LogP) is 5.33. The van der Waals surface area contributed by atoms with Crippen molar-refractivity contribution >= 4 is 46.4 Å². The summed E-state index contributed by atoms with van der Waals surface area (Å²) < 4.78 is 0. The van der Waals surface area contributed by atoms with E-state index in [1.54, 1.807) is 0 Å². The van der Waals surface area contributed by atoms with Crippen LogP contribution in [0, 0.1) is 12.3 Å². The van der Waals surface area contributed by atoms with E-state index in [1.807, 2.05) is 0 Å². The zero-order valence-electron chi connectivity index (χ0n) is 25.0. The Kier molecular flexibility index (Phi) is 14.3. The number of hydrogen-bond acceptors (Lipinski definition) is 0. The molecule has 4 heteroatoms. The van der Waals surface area contributed by atoms with E-state index in [0.29, 0.717) is 0 Å². The average molecular weight is 813 g/mol. The quantitative estimate of drug-likeness (QED) is 0.111. The van der Waals surface area contributed by atoms with Crippen LogP contribution in [0.2, 0.25) is 0 Å². The molecule has 226 valence electrons. The van der Waals surface area contributed by atoms with Crippen molar-refractivity contribution in [1.82, 2.24) is 0 Å². The Morgan fingerprint density at radius 2 is 0.432 bits per heavy atom. The predicted molar refractivity (Wildman–Crippen MR) is 190 cm³/mol. The fourth-order valence-corrected chi connectivity index (χ4v) is 13.2. The monoisotopic (exact) mass is 812 g/mol. The summed E-state index contributed by atoms with van der Waals surface area (Å²) in [6.45, 7) is 4.39. The summed E-state index contributed by atoms with van der Waals surface area (Å²) in [4.78, 5) is 0. The summed E-state index contributed by atoms with van der Waals surface area (Å²) in [5.74, 6) is 0. The van der Waals surface area contributed by atoms with Gasteiger partial charge >= 0.3 is 22.4 Å². The Morgan fingerprint density at radius 3 is 0.545 bits per heavy atom. The van der Waals surface area contributed by atoms with Gasteiger partial charge < -0.3 is 12.4 Å². The molecule has 0 aromatic heterocycles. The molecule has 6 aromatic rings. The van der Waals surface area contributed by atoms with E-state index in [2.05, 4.69) is 208 Å². The molecule has 0 atom stereocenters. The third-order valence-electron chi connectivity index (χ3n) is 7.76. The van der Waals surface area contributed by atoms with Crippen LogP contribution >= 0.6 is 14.5 Å². The van der Waals surface area contributed by atoms with Gasteiger partial charge in [-0.1, -0.05) is 109 Å². The first-order valence-corrected chi connectivity index (χ1v) is 18.2. The Bertz CT molecular complexity index is 1300. The van der Waals surface area contributed by atoms with Gasteiger partial charge in [0.25, 0.3) is 0 Å². The van der Waals surface area contributed by atoms with Crippen molar-refractivity contribution in [2.75, 3.05) is 0 Å². The summed E-state index contributed by atoms with van der Waals surface area (Å²) in [6, 6.07) is 65.3. The second-order valence-corrected chi connectivity index (χ2v) is 17.0. The molecule has 0 radical (unpaired) electrons. The van der Waals surface area contributed by atoms with Gasteiger partial charge in [0.15, 0.2) is 0 Å². The number of halogens is 1. The Labute approximate surface area is 287 Å². The fourth-order valence-electron chi connectivity index (χ4n) is 5.77. The first-order valence-electron chi connectivity index (χ1n) is 14.5. The van der Waals surface area contributed by atoms with Gasteiger partial charge in [0.05, 0.1) is 31.8 Å². The van der Waals surface area contributed by atoms with Crippen LogP contribution in [0.5, 0.6) is 0 Å². The van der Waals surface area contributed by atoms with Crippen molar-refractivity contribution < 1.29 is 34.8 Å². The van der Waals surface area contributed by atoms with Crippen LogP contribution in [0.1, 0.15) is 13.8 Å². The van der Waals surface area contributed by atoms with Gasteiger partial charge in [0, 0.05) is 0 Å². The van der Waals surface area contributed by atoms with Crippen LogP contribution in [-0.2, 0) is 22.4 Å². The maximum atomic E-state index is 2.41. The molecule has 0 aliphatic rings. The van der Waals surface area contributed by atoms with Crippen molar-refractivity contribution in [1.29, 1.82) is 0 Å². The number of hydrogen-bond donors (Lipinski definition) is 0. The Balaban J connectivity index is 0.000000230. The average Bonchev–Trinajstić information content (AvgIpc) is 3.09. The van der Waals surface area contributed by atoms with Gasteiger partial charge in [-0.25, -0.2) is 0 Å². The van der Waals surface area contributed by atoms with Crippen LogP contribution in [0.4, 0.5) is 0 Å². The molecule has 0 nitrogen and oxygen atoms in total. The van der Waals surface area contributed by atoms with Crippen LogP contribution in [0.25, 0.3) is 0 Å². The molecule has 0 fully saturated rings. The standard InChI is InChI=1S/2C20H19P.Au.ClH/c2*1-2-21(18-12-6-3-7-13-18,19-14-8-4-9-15-19)20-16-10-5-11-17-20;;/h2*2-17H,1H3;;1H/q;;+1;/p-1. The molecular weight excluding hydrogens is 775 g/mol. The molecule has 0 spiro atoms. The molecule has 0 N–H and O–H groups in total. The molecule has 0 bridgehead atoms. The maximum Gasteiger partial charge on any atom is 1.00 e. The minimum absolute atomic E-state index is 0. The molecule has 44 heavy (non-hydrogen) atoms. The summed E-state index contributed by atoms with van der Waals surface area (Å²) in [5.41, 5.74) is 0. The van der Waals surface area contributed by atoms with Gasteiger partial charge in [-0.15, -0.1) is 0 Å². The van der Waals surface area contributed by atoms with Crippen LogP contribution in [-0.4, -0.2) is 0 Å². The van der Waals surface area contributed by atoms with Gasteiger partial charge in [-0.05, 0) is 87.3 Å². The molecule has 0 heterocycles. The fraction of sp³-hybridized carbons (Fsp3) is 0.0500. The van der Waals surface area contributed by atoms with Crippen LogP contribution in [0.3, 0.4) is 0 Å². The topological polar surface area (TPSA) is 0 Å². The summed E-state index contributed by atoms with van der Waals surface area (Å²) >= 11 is 0. The van der Waals surface area contributed by atoms with E-state index in [-0.39, 0.29) is 34.8 Å². The van der Waals surface area contributed by atoms with Gasteiger partial charge in [-0.2, -0.15) is 26.2 Å². The molecule has 0 aliphatic heterocycles. The number of rotatable bonds is 8. The van der Waals surface area contributed by atoms with E-state index in [0.717, 1.165) is 0 Å². The van der Waals surface area contributed by atoms with Crippen LogP contribution < -0.4 is 44.2 Å². The van der Waals surface area contributed by atoms with Gasteiger partial charge in [-0.3, -0.25) is 0 Å². The normalized spacial score (nSPS) is 10.8.